The predicted octanol–water partition coefficient (Wildman–Crippen LogP) is 5.82. The van der Waals surface area contributed by atoms with Crippen molar-refractivity contribution >= 4 is 58.1 Å². The van der Waals surface area contributed by atoms with E-state index in [1.165, 1.54) is 22.7 Å². The molecule has 3 aromatic rings. The lowest BCUT2D eigenvalue weighted by atomic mass is 10.2. The molecule has 0 atom stereocenters. The second-order valence-corrected chi connectivity index (χ2v) is 8.74. The van der Waals surface area contributed by atoms with Gasteiger partial charge in [0, 0.05) is 5.38 Å². The van der Waals surface area contributed by atoms with Crippen LogP contribution in [0.3, 0.4) is 0 Å². The lowest BCUT2D eigenvalue weighted by Gasteiger charge is -2.27. The molecule has 4 rings (SSSR count). The molecule has 7 heteroatoms. The number of para-hydroxylation sites is 2. The fraction of sp³-hybridized carbons (Fsp3) is 0.105. The molecule has 0 radical (unpaired) electrons. The van der Waals surface area contributed by atoms with E-state index in [9.17, 15) is 4.79 Å². The van der Waals surface area contributed by atoms with E-state index in [0.717, 1.165) is 30.7 Å². The SMILES string of the molecule is O=C(OCc1ccccc1)N1CC(c2csc(=S)s2)=Nc2ccccc21. The highest BCUT2D eigenvalue weighted by atomic mass is 32.2. The Morgan fingerprint density at radius 2 is 1.92 bits per heavy atom. The highest BCUT2D eigenvalue weighted by molar-refractivity contribution is 7.76. The number of amides is 1. The number of hydrogen-bond donors (Lipinski definition) is 0. The van der Waals surface area contributed by atoms with Crippen LogP contribution in [0.25, 0.3) is 0 Å². The number of benzene rings is 2. The quantitative estimate of drug-likeness (QED) is 0.522. The summed E-state index contributed by atoms with van der Waals surface area (Å²) in [7, 11) is 0. The Bertz CT molecular complexity index is 1020. The molecule has 1 aliphatic rings. The summed E-state index contributed by atoms with van der Waals surface area (Å²) in [5.41, 5.74) is 3.30. The van der Waals surface area contributed by atoms with Crippen molar-refractivity contribution in [2.75, 3.05) is 11.4 Å². The number of carbonyl (C=O) groups is 1. The summed E-state index contributed by atoms with van der Waals surface area (Å²) < 4.78 is 6.38. The van der Waals surface area contributed by atoms with Crippen LogP contribution in [0.4, 0.5) is 16.2 Å². The second-order valence-electron chi connectivity index (χ2n) is 5.63. The number of aliphatic imine (C=N–C) groups is 1. The molecule has 0 N–H and O–H groups in total. The van der Waals surface area contributed by atoms with Crippen molar-refractivity contribution < 1.29 is 9.53 Å². The Balaban J connectivity index is 1.60. The van der Waals surface area contributed by atoms with Crippen LogP contribution >= 0.6 is 34.9 Å². The van der Waals surface area contributed by atoms with Crippen molar-refractivity contribution in [2.45, 2.75) is 6.61 Å². The van der Waals surface area contributed by atoms with Crippen LogP contribution in [0.15, 0.2) is 65.0 Å². The minimum absolute atomic E-state index is 0.238. The van der Waals surface area contributed by atoms with Crippen LogP contribution in [0.2, 0.25) is 0 Å². The average Bonchev–Trinajstić information content (AvgIpc) is 3.12. The van der Waals surface area contributed by atoms with E-state index in [0.29, 0.717) is 6.54 Å². The summed E-state index contributed by atoms with van der Waals surface area (Å²) in [5, 5.41) is 1.99. The lowest BCUT2D eigenvalue weighted by Crippen LogP contribution is -2.38. The van der Waals surface area contributed by atoms with Gasteiger partial charge in [-0.25, -0.2) is 9.79 Å². The predicted molar refractivity (Wildman–Crippen MR) is 110 cm³/mol. The number of nitrogens with zero attached hydrogens (tertiary/aromatic N) is 2. The van der Waals surface area contributed by atoms with E-state index in [-0.39, 0.29) is 12.7 Å². The van der Waals surface area contributed by atoms with E-state index in [1.807, 2.05) is 60.0 Å². The third kappa shape index (κ3) is 3.60. The van der Waals surface area contributed by atoms with Crippen molar-refractivity contribution in [3.63, 3.8) is 0 Å². The van der Waals surface area contributed by atoms with Gasteiger partial charge in [0.05, 0.1) is 28.5 Å². The molecule has 0 saturated heterocycles. The molecule has 130 valence electrons. The molecule has 0 aliphatic carbocycles. The van der Waals surface area contributed by atoms with Gasteiger partial charge in [-0.05, 0) is 17.7 Å². The maximum Gasteiger partial charge on any atom is 0.415 e. The molecule has 0 fully saturated rings. The van der Waals surface area contributed by atoms with E-state index >= 15 is 0 Å². The maximum atomic E-state index is 12.8. The van der Waals surface area contributed by atoms with Gasteiger partial charge in [0.15, 0.2) is 0 Å². The minimum Gasteiger partial charge on any atom is -0.444 e. The second kappa shape index (κ2) is 7.49. The summed E-state index contributed by atoms with van der Waals surface area (Å²) in [6, 6.07) is 17.2. The first-order valence-electron chi connectivity index (χ1n) is 7.94. The van der Waals surface area contributed by atoms with Gasteiger partial charge in [0.1, 0.15) is 9.74 Å². The molecule has 0 saturated carbocycles. The molecule has 2 heterocycles. The largest absolute Gasteiger partial charge is 0.444 e. The van der Waals surface area contributed by atoms with E-state index in [2.05, 4.69) is 0 Å². The molecule has 0 unspecified atom stereocenters. The number of rotatable bonds is 3. The van der Waals surface area contributed by atoms with Crippen molar-refractivity contribution in [3.8, 4) is 0 Å². The fourth-order valence-corrected chi connectivity index (χ4v) is 4.77. The molecule has 0 spiro atoms. The molecule has 1 aromatic heterocycles. The van der Waals surface area contributed by atoms with Gasteiger partial charge in [0.25, 0.3) is 0 Å². The Morgan fingerprint density at radius 3 is 2.69 bits per heavy atom. The number of carbonyl (C=O) groups excluding carboxylic acids is 1. The summed E-state index contributed by atoms with van der Waals surface area (Å²) >= 11 is 8.26. The molecule has 2 aromatic carbocycles. The highest BCUT2D eigenvalue weighted by Crippen LogP contribution is 2.34. The normalized spacial score (nSPS) is 13.1. The Morgan fingerprint density at radius 1 is 1.15 bits per heavy atom. The van der Waals surface area contributed by atoms with E-state index < -0.39 is 0 Å². The Labute approximate surface area is 164 Å². The van der Waals surface area contributed by atoms with Crippen LogP contribution in [-0.2, 0) is 11.3 Å². The zero-order valence-corrected chi connectivity index (χ0v) is 16.1. The van der Waals surface area contributed by atoms with Gasteiger partial charge < -0.3 is 4.74 Å². The fourth-order valence-electron chi connectivity index (χ4n) is 2.66. The Hall–Kier alpha value is -2.35. The molecule has 26 heavy (non-hydrogen) atoms. The molecule has 4 nitrogen and oxygen atoms in total. The topological polar surface area (TPSA) is 41.9 Å². The summed E-state index contributed by atoms with van der Waals surface area (Å²) in [4.78, 5) is 20.1. The van der Waals surface area contributed by atoms with Gasteiger partial charge in [-0.1, -0.05) is 54.7 Å². The number of anilines is 1. The van der Waals surface area contributed by atoms with Gasteiger partial charge in [-0.15, -0.1) is 22.7 Å². The van der Waals surface area contributed by atoms with Crippen LogP contribution in [0, 0.1) is 3.14 Å². The van der Waals surface area contributed by atoms with Crippen molar-refractivity contribution in [1.82, 2.24) is 0 Å². The number of fused-ring (bicyclic) bond motifs is 1. The first-order valence-corrected chi connectivity index (χ1v) is 10.0. The smallest absolute Gasteiger partial charge is 0.415 e. The van der Waals surface area contributed by atoms with Gasteiger partial charge in [-0.3, -0.25) is 4.90 Å². The summed E-state index contributed by atoms with van der Waals surface area (Å²) in [6.07, 6.45) is -0.382. The van der Waals surface area contributed by atoms with E-state index in [4.69, 9.17) is 21.9 Å². The van der Waals surface area contributed by atoms with E-state index in [1.54, 1.807) is 4.90 Å². The van der Waals surface area contributed by atoms with Crippen molar-refractivity contribution in [3.05, 3.63) is 73.6 Å². The first-order chi connectivity index (χ1) is 12.7. The third-order valence-corrected chi connectivity index (χ3v) is 6.41. The van der Waals surface area contributed by atoms with Crippen LogP contribution in [0.5, 0.6) is 0 Å². The zero-order chi connectivity index (χ0) is 17.9. The van der Waals surface area contributed by atoms with Crippen LogP contribution in [0.1, 0.15) is 10.4 Å². The van der Waals surface area contributed by atoms with Gasteiger partial charge in [-0.2, -0.15) is 0 Å². The van der Waals surface area contributed by atoms with Crippen LogP contribution in [-0.4, -0.2) is 18.3 Å². The Kier molecular flexibility index (Phi) is 4.92. The van der Waals surface area contributed by atoms with Crippen molar-refractivity contribution in [1.29, 1.82) is 0 Å². The van der Waals surface area contributed by atoms with Crippen molar-refractivity contribution in [2.24, 2.45) is 4.99 Å². The maximum absolute atomic E-state index is 12.8. The first kappa shape index (κ1) is 17.1. The molecule has 1 amide bonds. The zero-order valence-electron chi connectivity index (χ0n) is 13.6. The standard InChI is InChI=1S/C19H14N2O2S3/c22-18(23-11-13-6-2-1-3-7-13)21-10-15(17-12-25-19(24)26-17)20-14-8-4-5-9-16(14)21/h1-9,12H,10-11H2. The molecule has 0 bridgehead atoms. The summed E-state index contributed by atoms with van der Waals surface area (Å²) in [6.45, 7) is 0.606. The lowest BCUT2D eigenvalue weighted by molar-refractivity contribution is 0.148. The third-order valence-electron chi connectivity index (χ3n) is 3.90. The van der Waals surface area contributed by atoms with Gasteiger partial charge >= 0.3 is 6.09 Å². The average molecular weight is 399 g/mol. The highest BCUT2D eigenvalue weighted by Gasteiger charge is 2.27. The number of ether oxygens (including phenoxy) is 1. The minimum atomic E-state index is -0.382. The monoisotopic (exact) mass is 398 g/mol. The summed E-state index contributed by atoms with van der Waals surface area (Å²) in [5.74, 6) is 0. The number of hydrogen-bond acceptors (Lipinski definition) is 6. The molecular formula is C19H14N2O2S3. The van der Waals surface area contributed by atoms with Crippen LogP contribution < -0.4 is 4.90 Å². The van der Waals surface area contributed by atoms with Gasteiger partial charge in [0.2, 0.25) is 0 Å². The molecule has 1 aliphatic heterocycles. The molecular weight excluding hydrogens is 384 g/mol.